The van der Waals surface area contributed by atoms with E-state index in [1.54, 1.807) is 35.4 Å². The van der Waals surface area contributed by atoms with Gasteiger partial charge >= 0.3 is 0 Å². The third kappa shape index (κ3) is 4.42. The number of benzene rings is 1. The van der Waals surface area contributed by atoms with Gasteiger partial charge in [0.15, 0.2) is 5.82 Å². The predicted octanol–water partition coefficient (Wildman–Crippen LogP) is 3.44. The standard InChI is InChI=1S/C17H15BrN4O2/c18-13-3-1-4-15(11-13)24-10-7-17(23)21-14-5-6-16(19-12-14)22-9-2-8-20-22/h1-6,8-9,11-12H,7,10H2,(H,21,23). The first kappa shape index (κ1) is 16.2. The van der Waals surface area contributed by atoms with Gasteiger partial charge in [0.25, 0.3) is 0 Å². The van der Waals surface area contributed by atoms with Crippen LogP contribution in [0.2, 0.25) is 0 Å². The van der Waals surface area contributed by atoms with Gasteiger partial charge in [0.05, 0.1) is 24.9 Å². The topological polar surface area (TPSA) is 69.0 Å². The van der Waals surface area contributed by atoms with Crippen molar-refractivity contribution >= 4 is 27.5 Å². The Morgan fingerprint density at radius 3 is 2.88 bits per heavy atom. The Hall–Kier alpha value is -2.67. The van der Waals surface area contributed by atoms with Gasteiger partial charge in [-0.15, -0.1) is 0 Å². The zero-order valence-electron chi connectivity index (χ0n) is 12.7. The first-order chi connectivity index (χ1) is 11.7. The molecule has 0 fully saturated rings. The number of pyridine rings is 1. The van der Waals surface area contributed by atoms with E-state index >= 15 is 0 Å². The second kappa shape index (κ2) is 7.74. The molecule has 3 aromatic rings. The molecular weight excluding hydrogens is 372 g/mol. The zero-order valence-corrected chi connectivity index (χ0v) is 14.3. The molecule has 2 aromatic heterocycles. The van der Waals surface area contributed by atoms with Gasteiger partial charge < -0.3 is 10.1 Å². The molecule has 0 saturated heterocycles. The second-order valence-electron chi connectivity index (χ2n) is 4.96. The molecule has 0 atom stereocenters. The number of rotatable bonds is 6. The predicted molar refractivity (Wildman–Crippen MR) is 94.2 cm³/mol. The lowest BCUT2D eigenvalue weighted by molar-refractivity contribution is -0.116. The van der Waals surface area contributed by atoms with Crippen LogP contribution >= 0.6 is 15.9 Å². The highest BCUT2D eigenvalue weighted by Gasteiger charge is 2.05. The van der Waals surface area contributed by atoms with Gasteiger partial charge in [0, 0.05) is 16.9 Å². The van der Waals surface area contributed by atoms with Crippen LogP contribution in [0.15, 0.2) is 65.5 Å². The molecule has 3 rings (SSSR count). The molecule has 24 heavy (non-hydrogen) atoms. The summed E-state index contributed by atoms with van der Waals surface area (Å²) in [5, 5.41) is 6.89. The van der Waals surface area contributed by atoms with Crippen molar-refractivity contribution in [2.45, 2.75) is 6.42 Å². The molecule has 0 spiro atoms. The van der Waals surface area contributed by atoms with Crippen molar-refractivity contribution in [2.75, 3.05) is 11.9 Å². The normalized spacial score (nSPS) is 10.4. The van der Waals surface area contributed by atoms with Crippen LogP contribution < -0.4 is 10.1 Å². The van der Waals surface area contributed by atoms with E-state index in [4.69, 9.17) is 4.74 Å². The number of amides is 1. The Morgan fingerprint density at radius 1 is 1.25 bits per heavy atom. The van der Waals surface area contributed by atoms with Crippen molar-refractivity contribution in [2.24, 2.45) is 0 Å². The quantitative estimate of drug-likeness (QED) is 0.704. The van der Waals surface area contributed by atoms with Gasteiger partial charge in [-0.25, -0.2) is 9.67 Å². The number of ether oxygens (including phenoxy) is 1. The van der Waals surface area contributed by atoms with Gasteiger partial charge in [0.1, 0.15) is 5.75 Å². The summed E-state index contributed by atoms with van der Waals surface area (Å²) in [7, 11) is 0. The number of anilines is 1. The lowest BCUT2D eigenvalue weighted by Gasteiger charge is -2.08. The molecule has 7 heteroatoms. The Balaban J connectivity index is 1.48. The number of hydrogen-bond acceptors (Lipinski definition) is 4. The summed E-state index contributed by atoms with van der Waals surface area (Å²) in [4.78, 5) is 16.2. The van der Waals surface area contributed by atoms with Gasteiger partial charge in [-0.05, 0) is 36.4 Å². The van der Waals surface area contributed by atoms with E-state index in [-0.39, 0.29) is 12.3 Å². The van der Waals surface area contributed by atoms with Gasteiger partial charge in [0.2, 0.25) is 5.91 Å². The van der Waals surface area contributed by atoms with E-state index in [0.29, 0.717) is 18.1 Å². The summed E-state index contributed by atoms with van der Waals surface area (Å²) in [6, 6.07) is 12.9. The third-order valence-corrected chi connectivity index (χ3v) is 3.66. The van der Waals surface area contributed by atoms with Crippen LogP contribution in [0.5, 0.6) is 5.75 Å². The minimum atomic E-state index is -0.126. The van der Waals surface area contributed by atoms with Crippen LogP contribution in [0.4, 0.5) is 5.69 Å². The number of halogens is 1. The van der Waals surface area contributed by atoms with Crippen LogP contribution in [-0.2, 0) is 4.79 Å². The largest absolute Gasteiger partial charge is 0.493 e. The fraction of sp³-hybridized carbons (Fsp3) is 0.118. The van der Waals surface area contributed by atoms with Crippen LogP contribution in [0, 0.1) is 0 Å². The molecular formula is C17H15BrN4O2. The third-order valence-electron chi connectivity index (χ3n) is 3.16. The first-order valence-corrected chi connectivity index (χ1v) is 8.14. The number of nitrogens with zero attached hydrogens (tertiary/aromatic N) is 3. The summed E-state index contributed by atoms with van der Waals surface area (Å²) in [6.07, 6.45) is 5.35. The van der Waals surface area contributed by atoms with Crippen LogP contribution in [0.3, 0.4) is 0 Å². The molecule has 0 aliphatic heterocycles. The smallest absolute Gasteiger partial charge is 0.227 e. The average Bonchev–Trinajstić information content (AvgIpc) is 3.10. The zero-order chi connectivity index (χ0) is 16.8. The molecule has 0 unspecified atom stereocenters. The van der Waals surface area contributed by atoms with E-state index in [2.05, 4.69) is 31.3 Å². The van der Waals surface area contributed by atoms with E-state index in [9.17, 15) is 4.79 Å². The lowest BCUT2D eigenvalue weighted by atomic mass is 10.3. The van der Waals surface area contributed by atoms with Crippen LogP contribution in [-0.4, -0.2) is 27.3 Å². The Bertz CT molecular complexity index is 804. The van der Waals surface area contributed by atoms with Crippen molar-refractivity contribution in [3.05, 3.63) is 65.5 Å². The van der Waals surface area contributed by atoms with E-state index < -0.39 is 0 Å². The van der Waals surface area contributed by atoms with Crippen LogP contribution in [0.25, 0.3) is 5.82 Å². The number of carbonyl (C=O) groups is 1. The molecule has 2 heterocycles. The van der Waals surface area contributed by atoms with Crippen molar-refractivity contribution in [3.8, 4) is 11.6 Å². The minimum Gasteiger partial charge on any atom is -0.493 e. The number of carbonyl (C=O) groups excluding carboxylic acids is 1. The van der Waals surface area contributed by atoms with Crippen molar-refractivity contribution in [3.63, 3.8) is 0 Å². The molecule has 0 aliphatic carbocycles. The summed E-state index contributed by atoms with van der Waals surface area (Å²) >= 11 is 3.37. The second-order valence-corrected chi connectivity index (χ2v) is 5.88. The molecule has 0 bridgehead atoms. The molecule has 0 radical (unpaired) electrons. The lowest BCUT2D eigenvalue weighted by Crippen LogP contribution is -2.15. The van der Waals surface area contributed by atoms with Crippen molar-refractivity contribution < 1.29 is 9.53 Å². The van der Waals surface area contributed by atoms with Crippen molar-refractivity contribution in [1.29, 1.82) is 0 Å². The van der Waals surface area contributed by atoms with Crippen LogP contribution in [0.1, 0.15) is 6.42 Å². The maximum absolute atomic E-state index is 11.9. The van der Waals surface area contributed by atoms with E-state index in [1.807, 2.05) is 30.3 Å². The SMILES string of the molecule is O=C(CCOc1cccc(Br)c1)Nc1ccc(-n2cccn2)nc1. The number of nitrogens with one attached hydrogen (secondary N) is 1. The van der Waals surface area contributed by atoms with E-state index in [1.165, 1.54) is 0 Å². The van der Waals surface area contributed by atoms with E-state index in [0.717, 1.165) is 10.2 Å². The molecule has 1 amide bonds. The Labute approximate surface area is 147 Å². The fourth-order valence-electron chi connectivity index (χ4n) is 2.04. The summed E-state index contributed by atoms with van der Waals surface area (Å²) in [5.74, 6) is 1.29. The first-order valence-electron chi connectivity index (χ1n) is 7.35. The highest BCUT2D eigenvalue weighted by atomic mass is 79.9. The molecule has 1 aromatic carbocycles. The maximum atomic E-state index is 11.9. The summed E-state index contributed by atoms with van der Waals surface area (Å²) in [6.45, 7) is 0.307. The minimum absolute atomic E-state index is 0.126. The Kier molecular flexibility index (Phi) is 5.22. The molecule has 0 saturated carbocycles. The highest BCUT2D eigenvalue weighted by Crippen LogP contribution is 2.18. The monoisotopic (exact) mass is 386 g/mol. The molecule has 1 N–H and O–H groups in total. The van der Waals surface area contributed by atoms with Gasteiger partial charge in [-0.2, -0.15) is 5.10 Å². The van der Waals surface area contributed by atoms with Crippen molar-refractivity contribution in [1.82, 2.24) is 14.8 Å². The number of aromatic nitrogens is 3. The highest BCUT2D eigenvalue weighted by molar-refractivity contribution is 9.10. The molecule has 122 valence electrons. The fourth-order valence-corrected chi connectivity index (χ4v) is 2.42. The molecule has 0 aliphatic rings. The maximum Gasteiger partial charge on any atom is 0.227 e. The summed E-state index contributed by atoms with van der Waals surface area (Å²) < 4.78 is 8.13. The number of hydrogen-bond donors (Lipinski definition) is 1. The Morgan fingerprint density at radius 2 is 2.17 bits per heavy atom. The van der Waals surface area contributed by atoms with Gasteiger partial charge in [-0.1, -0.05) is 22.0 Å². The summed E-state index contributed by atoms with van der Waals surface area (Å²) in [5.41, 5.74) is 0.637. The molecule has 6 nitrogen and oxygen atoms in total. The van der Waals surface area contributed by atoms with Gasteiger partial charge in [-0.3, -0.25) is 4.79 Å². The average molecular weight is 387 g/mol.